The molecule has 1 heterocycles. The summed E-state index contributed by atoms with van der Waals surface area (Å²) in [6, 6.07) is 16.2. The summed E-state index contributed by atoms with van der Waals surface area (Å²) < 4.78 is 0. The van der Waals surface area contributed by atoms with Gasteiger partial charge in [0.2, 0.25) is 0 Å². The molecular weight excluding hydrogens is 278 g/mol. The number of aromatic nitrogens is 2. The SMILES string of the molecule is Nc1cccc(CCCSc2ncnc3ccccc23)c1. The molecule has 0 amide bonds. The number of para-hydroxylation sites is 1. The Balaban J connectivity index is 1.60. The molecule has 0 saturated heterocycles. The molecule has 3 rings (SSSR count). The Morgan fingerprint density at radius 2 is 1.90 bits per heavy atom. The number of nitrogens with zero attached hydrogens (tertiary/aromatic N) is 2. The standard InChI is InChI=1S/C17H17N3S/c18-14-7-3-5-13(11-14)6-4-10-21-17-15-8-1-2-9-16(15)19-12-20-17/h1-3,5,7-9,11-12H,4,6,10,18H2. The van der Waals surface area contributed by atoms with Crippen LogP contribution in [0.2, 0.25) is 0 Å². The van der Waals surface area contributed by atoms with E-state index in [1.807, 2.05) is 36.4 Å². The Morgan fingerprint density at radius 3 is 2.81 bits per heavy atom. The van der Waals surface area contributed by atoms with Crippen LogP contribution in [0.1, 0.15) is 12.0 Å². The van der Waals surface area contributed by atoms with E-state index in [0.717, 1.165) is 40.2 Å². The first-order valence-electron chi connectivity index (χ1n) is 7.00. The molecule has 0 atom stereocenters. The van der Waals surface area contributed by atoms with E-state index in [9.17, 15) is 0 Å². The van der Waals surface area contributed by atoms with Gasteiger partial charge >= 0.3 is 0 Å². The van der Waals surface area contributed by atoms with E-state index in [-0.39, 0.29) is 0 Å². The van der Waals surface area contributed by atoms with Crippen molar-refractivity contribution >= 4 is 28.4 Å². The van der Waals surface area contributed by atoms with Gasteiger partial charge in [0.25, 0.3) is 0 Å². The summed E-state index contributed by atoms with van der Waals surface area (Å²) in [6.07, 6.45) is 3.79. The molecule has 0 fully saturated rings. The Kier molecular flexibility index (Phi) is 4.36. The third-order valence-electron chi connectivity index (χ3n) is 3.31. The third-order valence-corrected chi connectivity index (χ3v) is 4.40. The number of hydrogen-bond donors (Lipinski definition) is 1. The van der Waals surface area contributed by atoms with Crippen molar-refractivity contribution in [1.82, 2.24) is 9.97 Å². The first kappa shape index (κ1) is 13.9. The molecule has 0 aliphatic carbocycles. The van der Waals surface area contributed by atoms with Crippen LogP contribution in [0.25, 0.3) is 10.9 Å². The van der Waals surface area contributed by atoms with Crippen LogP contribution in [0, 0.1) is 0 Å². The second-order valence-corrected chi connectivity index (χ2v) is 5.98. The Labute approximate surface area is 128 Å². The van der Waals surface area contributed by atoms with E-state index in [0.29, 0.717) is 0 Å². The third kappa shape index (κ3) is 3.52. The zero-order chi connectivity index (χ0) is 14.5. The Morgan fingerprint density at radius 1 is 1.00 bits per heavy atom. The second kappa shape index (κ2) is 6.59. The van der Waals surface area contributed by atoms with Crippen molar-refractivity contribution in [3.05, 3.63) is 60.4 Å². The molecule has 0 saturated carbocycles. The average molecular weight is 295 g/mol. The number of fused-ring (bicyclic) bond motifs is 1. The molecule has 1 aromatic heterocycles. The first-order chi connectivity index (χ1) is 10.3. The van der Waals surface area contributed by atoms with Gasteiger partial charge in [0.1, 0.15) is 11.4 Å². The lowest BCUT2D eigenvalue weighted by Crippen LogP contribution is -1.92. The number of thioether (sulfide) groups is 1. The van der Waals surface area contributed by atoms with Crippen LogP contribution in [0.4, 0.5) is 5.69 Å². The quantitative estimate of drug-likeness (QED) is 0.335. The fourth-order valence-electron chi connectivity index (χ4n) is 2.29. The number of aryl methyl sites for hydroxylation is 1. The van der Waals surface area contributed by atoms with E-state index in [2.05, 4.69) is 22.1 Å². The highest BCUT2D eigenvalue weighted by atomic mass is 32.2. The molecule has 0 aliphatic rings. The Bertz CT molecular complexity index is 737. The highest BCUT2D eigenvalue weighted by molar-refractivity contribution is 7.99. The molecule has 2 aromatic carbocycles. The van der Waals surface area contributed by atoms with E-state index < -0.39 is 0 Å². The van der Waals surface area contributed by atoms with Gasteiger partial charge in [-0.2, -0.15) is 0 Å². The van der Waals surface area contributed by atoms with Gasteiger partial charge < -0.3 is 5.73 Å². The van der Waals surface area contributed by atoms with Gasteiger partial charge in [-0.15, -0.1) is 11.8 Å². The highest BCUT2D eigenvalue weighted by Gasteiger charge is 2.03. The van der Waals surface area contributed by atoms with Crippen molar-refractivity contribution < 1.29 is 0 Å². The Hall–Kier alpha value is -2.07. The van der Waals surface area contributed by atoms with E-state index >= 15 is 0 Å². The molecular formula is C17H17N3S. The van der Waals surface area contributed by atoms with Crippen molar-refractivity contribution in [3.63, 3.8) is 0 Å². The molecule has 3 aromatic rings. The van der Waals surface area contributed by atoms with Gasteiger partial charge in [-0.05, 0) is 42.4 Å². The molecule has 0 spiro atoms. The van der Waals surface area contributed by atoms with Crippen molar-refractivity contribution in [1.29, 1.82) is 0 Å². The van der Waals surface area contributed by atoms with Gasteiger partial charge in [-0.25, -0.2) is 9.97 Å². The maximum absolute atomic E-state index is 5.79. The monoisotopic (exact) mass is 295 g/mol. The van der Waals surface area contributed by atoms with Crippen LogP contribution >= 0.6 is 11.8 Å². The second-order valence-electron chi connectivity index (χ2n) is 4.89. The van der Waals surface area contributed by atoms with Crippen molar-refractivity contribution in [2.75, 3.05) is 11.5 Å². The average Bonchev–Trinajstić information content (AvgIpc) is 2.52. The van der Waals surface area contributed by atoms with Gasteiger partial charge in [-0.1, -0.05) is 30.3 Å². The van der Waals surface area contributed by atoms with Crippen molar-refractivity contribution in [2.24, 2.45) is 0 Å². The molecule has 2 N–H and O–H groups in total. The molecule has 0 bridgehead atoms. The topological polar surface area (TPSA) is 51.8 Å². The fourth-order valence-corrected chi connectivity index (χ4v) is 3.22. The minimum absolute atomic E-state index is 0.835. The summed E-state index contributed by atoms with van der Waals surface area (Å²) in [5.41, 5.74) is 8.93. The lowest BCUT2D eigenvalue weighted by Gasteiger charge is -2.05. The van der Waals surface area contributed by atoms with Gasteiger partial charge in [0.15, 0.2) is 0 Å². The summed E-state index contributed by atoms with van der Waals surface area (Å²) >= 11 is 1.79. The number of hydrogen-bond acceptors (Lipinski definition) is 4. The molecule has 21 heavy (non-hydrogen) atoms. The highest BCUT2D eigenvalue weighted by Crippen LogP contribution is 2.25. The maximum atomic E-state index is 5.79. The zero-order valence-electron chi connectivity index (χ0n) is 11.7. The lowest BCUT2D eigenvalue weighted by atomic mass is 10.1. The smallest absolute Gasteiger partial charge is 0.117 e. The van der Waals surface area contributed by atoms with Crippen LogP contribution in [0.5, 0.6) is 0 Å². The van der Waals surface area contributed by atoms with Crippen LogP contribution in [0.15, 0.2) is 59.9 Å². The maximum Gasteiger partial charge on any atom is 0.117 e. The number of rotatable bonds is 5. The van der Waals surface area contributed by atoms with Gasteiger partial charge in [0, 0.05) is 11.1 Å². The van der Waals surface area contributed by atoms with Crippen molar-refractivity contribution in [2.45, 2.75) is 17.9 Å². The molecule has 0 aliphatic heterocycles. The molecule has 0 radical (unpaired) electrons. The molecule has 4 heteroatoms. The van der Waals surface area contributed by atoms with Gasteiger partial charge in [-0.3, -0.25) is 0 Å². The summed E-state index contributed by atoms with van der Waals surface area (Å²) in [5.74, 6) is 1.04. The van der Waals surface area contributed by atoms with Crippen molar-refractivity contribution in [3.8, 4) is 0 Å². The first-order valence-corrected chi connectivity index (χ1v) is 7.98. The summed E-state index contributed by atoms with van der Waals surface area (Å²) in [4.78, 5) is 8.69. The predicted octanol–water partition coefficient (Wildman–Crippen LogP) is 3.94. The fraction of sp³-hybridized carbons (Fsp3) is 0.176. The van der Waals surface area contributed by atoms with E-state index in [1.54, 1.807) is 18.1 Å². The normalized spacial score (nSPS) is 10.9. The zero-order valence-corrected chi connectivity index (χ0v) is 12.5. The number of nitrogens with two attached hydrogens (primary N) is 1. The predicted molar refractivity (Wildman–Crippen MR) is 89.4 cm³/mol. The summed E-state index contributed by atoms with van der Waals surface area (Å²) in [6.45, 7) is 0. The van der Waals surface area contributed by atoms with Crippen LogP contribution < -0.4 is 5.73 Å². The lowest BCUT2D eigenvalue weighted by molar-refractivity contribution is 0.931. The van der Waals surface area contributed by atoms with Crippen LogP contribution in [0.3, 0.4) is 0 Å². The number of benzene rings is 2. The van der Waals surface area contributed by atoms with Crippen LogP contribution in [-0.4, -0.2) is 15.7 Å². The summed E-state index contributed by atoms with van der Waals surface area (Å²) in [5, 5.41) is 2.20. The number of nitrogen functional groups attached to an aromatic ring is 1. The molecule has 106 valence electrons. The van der Waals surface area contributed by atoms with Crippen LogP contribution in [-0.2, 0) is 6.42 Å². The minimum atomic E-state index is 0.835. The molecule has 0 unspecified atom stereocenters. The number of anilines is 1. The van der Waals surface area contributed by atoms with E-state index in [4.69, 9.17) is 5.73 Å². The van der Waals surface area contributed by atoms with E-state index in [1.165, 1.54) is 5.56 Å². The minimum Gasteiger partial charge on any atom is -0.399 e. The molecule has 3 nitrogen and oxygen atoms in total. The summed E-state index contributed by atoms with van der Waals surface area (Å²) in [7, 11) is 0. The largest absolute Gasteiger partial charge is 0.399 e. The van der Waals surface area contributed by atoms with Gasteiger partial charge in [0.05, 0.1) is 5.52 Å².